The summed E-state index contributed by atoms with van der Waals surface area (Å²) in [5.74, 6) is 0.674. The van der Waals surface area contributed by atoms with E-state index >= 15 is 0 Å². The molecule has 7 nitrogen and oxygen atoms in total. The Morgan fingerprint density at radius 1 is 1.36 bits per heavy atom. The molecule has 1 saturated heterocycles. The summed E-state index contributed by atoms with van der Waals surface area (Å²) in [6, 6.07) is 5.25. The molecule has 2 rings (SSSR count). The van der Waals surface area contributed by atoms with Crippen molar-refractivity contribution in [2.45, 2.75) is 38.0 Å². The molecule has 1 aliphatic heterocycles. The van der Waals surface area contributed by atoms with Gasteiger partial charge in [-0.05, 0) is 25.5 Å². The monoisotopic (exact) mass is 365 g/mol. The first kappa shape index (κ1) is 19.1. The predicted octanol–water partition coefficient (Wildman–Crippen LogP) is 2.42. The number of benzene rings is 1. The van der Waals surface area contributed by atoms with E-state index in [-0.39, 0.29) is 24.3 Å². The number of thioether (sulfide) groups is 1. The summed E-state index contributed by atoms with van der Waals surface area (Å²) >= 11 is 1.30. The number of amidine groups is 1. The molecule has 1 aromatic rings. The van der Waals surface area contributed by atoms with Crippen molar-refractivity contribution >= 4 is 34.4 Å². The molecule has 2 N–H and O–H groups in total. The molecule has 1 aliphatic rings. The number of carbonyl (C=O) groups is 2. The maximum atomic E-state index is 12.2. The van der Waals surface area contributed by atoms with E-state index in [2.05, 4.69) is 15.6 Å². The molecule has 2 atom stereocenters. The predicted molar refractivity (Wildman–Crippen MR) is 99.5 cm³/mol. The lowest BCUT2D eigenvalue weighted by Gasteiger charge is -2.11. The van der Waals surface area contributed by atoms with Crippen LogP contribution in [0.2, 0.25) is 0 Å². The minimum Gasteiger partial charge on any atom is -0.493 e. The van der Waals surface area contributed by atoms with Crippen molar-refractivity contribution in [1.29, 1.82) is 0 Å². The Morgan fingerprint density at radius 2 is 2.08 bits per heavy atom. The van der Waals surface area contributed by atoms with Crippen molar-refractivity contribution in [2.24, 2.45) is 4.99 Å². The van der Waals surface area contributed by atoms with E-state index in [0.29, 0.717) is 22.4 Å². The molecule has 0 bridgehead atoms. The topological polar surface area (TPSA) is 89.0 Å². The SMILES string of the molecule is CCC(C)N=C1NC(=O)C(CC(=O)Nc2ccc(OC)c(OC)c2)S1. The molecule has 136 valence electrons. The molecule has 2 unspecified atom stereocenters. The smallest absolute Gasteiger partial charge is 0.240 e. The van der Waals surface area contributed by atoms with Gasteiger partial charge in [-0.3, -0.25) is 14.6 Å². The molecule has 1 aromatic carbocycles. The lowest BCUT2D eigenvalue weighted by molar-refractivity contribution is -0.122. The van der Waals surface area contributed by atoms with Gasteiger partial charge < -0.3 is 20.1 Å². The number of hydrogen-bond acceptors (Lipinski definition) is 6. The number of hydrogen-bond donors (Lipinski definition) is 2. The van der Waals surface area contributed by atoms with Crippen molar-refractivity contribution in [3.63, 3.8) is 0 Å². The maximum Gasteiger partial charge on any atom is 0.240 e. The van der Waals surface area contributed by atoms with Crippen molar-refractivity contribution in [3.8, 4) is 11.5 Å². The van der Waals surface area contributed by atoms with Crippen LogP contribution in [0.4, 0.5) is 5.69 Å². The van der Waals surface area contributed by atoms with Gasteiger partial charge in [-0.15, -0.1) is 0 Å². The molecule has 0 saturated carbocycles. The first-order valence-electron chi connectivity index (χ1n) is 8.04. The summed E-state index contributed by atoms with van der Waals surface area (Å²) in [7, 11) is 3.08. The summed E-state index contributed by atoms with van der Waals surface area (Å²) in [4.78, 5) is 28.6. The third-order valence-electron chi connectivity index (χ3n) is 3.74. The summed E-state index contributed by atoms with van der Waals surface area (Å²) in [5.41, 5.74) is 0.583. The summed E-state index contributed by atoms with van der Waals surface area (Å²) in [6.45, 7) is 4.01. The van der Waals surface area contributed by atoms with Crippen LogP contribution in [0.5, 0.6) is 11.5 Å². The van der Waals surface area contributed by atoms with Crippen LogP contribution in [0.25, 0.3) is 0 Å². The second-order valence-corrected chi connectivity index (χ2v) is 6.80. The maximum absolute atomic E-state index is 12.2. The minimum absolute atomic E-state index is 0.0738. The molecule has 1 fully saturated rings. The number of methoxy groups -OCH3 is 2. The highest BCUT2D eigenvalue weighted by Gasteiger charge is 2.32. The third kappa shape index (κ3) is 5.12. The lowest BCUT2D eigenvalue weighted by Crippen LogP contribution is -2.28. The average Bonchev–Trinajstić information content (AvgIpc) is 2.93. The zero-order chi connectivity index (χ0) is 18.4. The van der Waals surface area contributed by atoms with Crippen LogP contribution in [-0.4, -0.2) is 42.5 Å². The van der Waals surface area contributed by atoms with E-state index in [0.717, 1.165) is 6.42 Å². The summed E-state index contributed by atoms with van der Waals surface area (Å²) in [6.07, 6.45) is 0.967. The van der Waals surface area contributed by atoms with Gasteiger partial charge >= 0.3 is 0 Å². The highest BCUT2D eigenvalue weighted by molar-refractivity contribution is 8.15. The first-order chi connectivity index (χ1) is 12.0. The van der Waals surface area contributed by atoms with Gasteiger partial charge in [-0.2, -0.15) is 0 Å². The molecule has 0 aromatic heterocycles. The molecule has 1 heterocycles. The highest BCUT2D eigenvalue weighted by Crippen LogP contribution is 2.30. The Morgan fingerprint density at radius 3 is 2.72 bits per heavy atom. The van der Waals surface area contributed by atoms with Gasteiger partial charge in [0.25, 0.3) is 0 Å². The van der Waals surface area contributed by atoms with Crippen LogP contribution in [0.3, 0.4) is 0 Å². The first-order valence-corrected chi connectivity index (χ1v) is 8.92. The number of nitrogens with zero attached hydrogens (tertiary/aromatic N) is 1. The van der Waals surface area contributed by atoms with Crippen molar-refractivity contribution in [2.75, 3.05) is 19.5 Å². The molecule has 2 amide bonds. The Bertz CT molecular complexity index is 678. The Hall–Kier alpha value is -2.22. The van der Waals surface area contributed by atoms with Gasteiger partial charge in [0.15, 0.2) is 16.7 Å². The van der Waals surface area contributed by atoms with Crippen LogP contribution in [0, 0.1) is 0 Å². The molecular formula is C17H23N3O4S. The number of aliphatic imine (C=N–C) groups is 1. The minimum atomic E-state index is -0.469. The molecule has 8 heteroatoms. The quantitative estimate of drug-likeness (QED) is 0.775. The van der Waals surface area contributed by atoms with E-state index in [1.165, 1.54) is 18.9 Å². The van der Waals surface area contributed by atoms with Crippen LogP contribution in [0.15, 0.2) is 23.2 Å². The van der Waals surface area contributed by atoms with E-state index in [9.17, 15) is 9.59 Å². The largest absolute Gasteiger partial charge is 0.493 e. The van der Waals surface area contributed by atoms with Gasteiger partial charge in [0, 0.05) is 24.2 Å². The molecule has 0 radical (unpaired) electrons. The van der Waals surface area contributed by atoms with Gasteiger partial charge in [-0.1, -0.05) is 18.7 Å². The second-order valence-electron chi connectivity index (χ2n) is 5.61. The van der Waals surface area contributed by atoms with Gasteiger partial charge in [0.05, 0.1) is 14.2 Å². The Labute approximate surface area is 151 Å². The van der Waals surface area contributed by atoms with E-state index < -0.39 is 5.25 Å². The zero-order valence-corrected chi connectivity index (χ0v) is 15.6. The van der Waals surface area contributed by atoms with E-state index in [1.807, 2.05) is 13.8 Å². The standard InChI is InChI=1S/C17H23N3O4S/c1-5-10(2)18-17-20-16(22)14(25-17)9-15(21)19-11-6-7-12(23-3)13(8-11)24-4/h6-8,10,14H,5,9H2,1-4H3,(H,19,21)(H,18,20,22). The number of anilines is 1. The van der Waals surface area contributed by atoms with Crippen LogP contribution in [0.1, 0.15) is 26.7 Å². The Balaban J connectivity index is 1.96. The van der Waals surface area contributed by atoms with Crippen molar-refractivity contribution in [3.05, 3.63) is 18.2 Å². The highest BCUT2D eigenvalue weighted by atomic mass is 32.2. The number of ether oxygens (including phenoxy) is 2. The normalized spacial score (nSPS) is 19.4. The number of carbonyl (C=O) groups excluding carboxylic acids is 2. The second kappa shape index (κ2) is 8.75. The fraction of sp³-hybridized carbons (Fsp3) is 0.471. The Kier molecular flexibility index (Phi) is 6.69. The van der Waals surface area contributed by atoms with Crippen LogP contribution in [-0.2, 0) is 9.59 Å². The van der Waals surface area contributed by atoms with Gasteiger partial charge in [0.1, 0.15) is 5.25 Å². The lowest BCUT2D eigenvalue weighted by atomic mass is 10.2. The van der Waals surface area contributed by atoms with Crippen molar-refractivity contribution in [1.82, 2.24) is 5.32 Å². The molecule has 0 spiro atoms. The van der Waals surface area contributed by atoms with E-state index in [4.69, 9.17) is 9.47 Å². The number of rotatable bonds is 7. The van der Waals surface area contributed by atoms with Gasteiger partial charge in [-0.25, -0.2) is 0 Å². The summed E-state index contributed by atoms with van der Waals surface area (Å²) < 4.78 is 10.4. The van der Waals surface area contributed by atoms with Gasteiger partial charge in [0.2, 0.25) is 11.8 Å². The van der Waals surface area contributed by atoms with Crippen molar-refractivity contribution < 1.29 is 19.1 Å². The van der Waals surface area contributed by atoms with Crippen LogP contribution < -0.4 is 20.1 Å². The number of nitrogens with one attached hydrogen (secondary N) is 2. The third-order valence-corrected chi connectivity index (χ3v) is 4.84. The average molecular weight is 365 g/mol. The van der Waals surface area contributed by atoms with E-state index in [1.54, 1.807) is 25.3 Å². The summed E-state index contributed by atoms with van der Waals surface area (Å²) in [5, 5.41) is 5.62. The molecular weight excluding hydrogens is 342 g/mol. The fourth-order valence-corrected chi connectivity index (χ4v) is 3.26. The fourth-order valence-electron chi connectivity index (χ4n) is 2.19. The zero-order valence-electron chi connectivity index (χ0n) is 14.8. The molecule has 0 aliphatic carbocycles. The van der Waals surface area contributed by atoms with Crippen LogP contribution >= 0.6 is 11.8 Å². The molecule has 25 heavy (non-hydrogen) atoms. The number of amides is 2.